The summed E-state index contributed by atoms with van der Waals surface area (Å²) in [6.07, 6.45) is 0. The monoisotopic (exact) mass is 417 g/mol. The van der Waals surface area contributed by atoms with Crippen LogP contribution in [0, 0.1) is 0 Å². The fraction of sp³-hybridized carbons (Fsp3) is 0.125. The predicted molar refractivity (Wildman–Crippen MR) is 115 cm³/mol. The SMILES string of the molecule is CCOc1ccc(NC(=O)C[n+]2c(O)[n+](-c3ccccc3)c(O)c3ccccc32)cc1. The highest BCUT2D eigenvalue weighted by atomic mass is 16.5. The van der Waals surface area contributed by atoms with Crippen LogP contribution in [0.4, 0.5) is 5.69 Å². The second kappa shape index (κ2) is 8.71. The third-order valence-electron chi connectivity index (χ3n) is 4.85. The second-order valence-electron chi connectivity index (χ2n) is 6.90. The van der Waals surface area contributed by atoms with Gasteiger partial charge in [-0.3, -0.25) is 4.79 Å². The molecule has 3 aromatic carbocycles. The van der Waals surface area contributed by atoms with Crippen molar-refractivity contribution < 1.29 is 28.9 Å². The van der Waals surface area contributed by atoms with Crippen LogP contribution < -0.4 is 19.2 Å². The van der Waals surface area contributed by atoms with Gasteiger partial charge in [-0.15, -0.1) is 0 Å². The Morgan fingerprint density at radius 1 is 0.935 bits per heavy atom. The number of aromatic hydroxyl groups is 2. The standard InChI is InChI=1S/C24H21N3O4/c1-2-31-19-14-12-17(13-15-19)25-22(28)16-26-21-11-7-6-10-20(21)23(29)27(24(26)30)18-8-4-3-5-9-18/h3-15H,2,16H2,1H3,(H,25,28)/p+2. The molecule has 31 heavy (non-hydrogen) atoms. The maximum Gasteiger partial charge on any atom is 0.638 e. The molecule has 1 amide bonds. The van der Waals surface area contributed by atoms with Crippen molar-refractivity contribution in [3.8, 4) is 23.3 Å². The van der Waals surface area contributed by atoms with Gasteiger partial charge in [0.15, 0.2) is 5.39 Å². The van der Waals surface area contributed by atoms with Crippen LogP contribution in [-0.4, -0.2) is 22.7 Å². The molecule has 0 spiro atoms. The number of para-hydroxylation sites is 2. The molecule has 0 bridgehead atoms. The summed E-state index contributed by atoms with van der Waals surface area (Å²) >= 11 is 0. The Hall–Kier alpha value is -4.13. The Morgan fingerprint density at radius 3 is 2.32 bits per heavy atom. The number of nitrogens with one attached hydrogen (secondary N) is 1. The van der Waals surface area contributed by atoms with Gasteiger partial charge >= 0.3 is 11.9 Å². The van der Waals surface area contributed by atoms with Crippen LogP contribution in [0.1, 0.15) is 6.92 Å². The van der Waals surface area contributed by atoms with Crippen LogP contribution in [-0.2, 0) is 11.3 Å². The highest BCUT2D eigenvalue weighted by Gasteiger charge is 2.36. The maximum absolute atomic E-state index is 12.8. The van der Waals surface area contributed by atoms with E-state index in [-0.39, 0.29) is 24.3 Å². The molecule has 156 valence electrons. The van der Waals surface area contributed by atoms with Gasteiger partial charge in [0.05, 0.1) is 6.61 Å². The van der Waals surface area contributed by atoms with E-state index in [1.165, 1.54) is 9.13 Å². The van der Waals surface area contributed by atoms with Crippen molar-refractivity contribution in [1.29, 1.82) is 0 Å². The predicted octanol–water partition coefficient (Wildman–Crippen LogP) is 2.85. The molecule has 0 fully saturated rings. The van der Waals surface area contributed by atoms with E-state index in [4.69, 9.17) is 4.74 Å². The number of hydrogen-bond donors (Lipinski definition) is 3. The van der Waals surface area contributed by atoms with Crippen molar-refractivity contribution in [2.45, 2.75) is 13.5 Å². The zero-order valence-corrected chi connectivity index (χ0v) is 17.0. The summed E-state index contributed by atoms with van der Waals surface area (Å²) in [5.41, 5.74) is 1.73. The van der Waals surface area contributed by atoms with Gasteiger partial charge in [0.1, 0.15) is 5.75 Å². The number of ether oxygens (including phenoxy) is 1. The van der Waals surface area contributed by atoms with Crippen LogP contribution in [0.15, 0.2) is 78.9 Å². The maximum atomic E-state index is 12.8. The zero-order chi connectivity index (χ0) is 21.8. The van der Waals surface area contributed by atoms with E-state index in [1.807, 2.05) is 13.0 Å². The summed E-state index contributed by atoms with van der Waals surface area (Å²) in [6, 6.07) is 22.9. The van der Waals surface area contributed by atoms with Gasteiger partial charge in [-0.25, -0.2) is 0 Å². The molecule has 0 aliphatic rings. The number of nitrogens with zero attached hydrogens (tertiary/aromatic N) is 2. The molecule has 1 aromatic heterocycles. The second-order valence-corrected chi connectivity index (χ2v) is 6.90. The van der Waals surface area contributed by atoms with Gasteiger partial charge < -0.3 is 20.3 Å². The number of anilines is 1. The first-order valence-electron chi connectivity index (χ1n) is 9.95. The molecule has 7 heteroatoms. The van der Waals surface area contributed by atoms with Gasteiger partial charge in [-0.1, -0.05) is 34.9 Å². The third-order valence-corrected chi connectivity index (χ3v) is 4.85. The third kappa shape index (κ3) is 4.11. The average Bonchev–Trinajstić information content (AvgIpc) is 2.79. The minimum atomic E-state index is -0.320. The Bertz CT molecular complexity index is 1230. The molecule has 4 aromatic rings. The highest BCUT2D eigenvalue weighted by Crippen LogP contribution is 2.22. The van der Waals surface area contributed by atoms with E-state index in [9.17, 15) is 15.0 Å². The summed E-state index contributed by atoms with van der Waals surface area (Å²) in [5, 5.41) is 25.2. The molecule has 0 radical (unpaired) electrons. The normalized spacial score (nSPS) is 10.7. The van der Waals surface area contributed by atoms with Crippen LogP contribution in [0.2, 0.25) is 0 Å². The molecule has 0 saturated carbocycles. The van der Waals surface area contributed by atoms with Gasteiger partial charge in [-0.2, -0.15) is 0 Å². The lowest BCUT2D eigenvalue weighted by molar-refractivity contribution is -0.774. The zero-order valence-electron chi connectivity index (χ0n) is 17.0. The number of hydrogen-bond acceptors (Lipinski definition) is 4. The van der Waals surface area contributed by atoms with E-state index < -0.39 is 0 Å². The Labute approximate surface area is 179 Å². The smallest absolute Gasteiger partial charge is 0.494 e. The summed E-state index contributed by atoms with van der Waals surface area (Å²) < 4.78 is 8.19. The molecule has 3 N–H and O–H groups in total. The first kappa shape index (κ1) is 20.2. The minimum Gasteiger partial charge on any atom is -0.494 e. The lowest BCUT2D eigenvalue weighted by atomic mass is 10.2. The number of amides is 1. The Morgan fingerprint density at radius 2 is 1.61 bits per heavy atom. The van der Waals surface area contributed by atoms with Gasteiger partial charge in [0.2, 0.25) is 17.7 Å². The van der Waals surface area contributed by atoms with Crippen LogP contribution in [0.5, 0.6) is 17.6 Å². The molecule has 0 aliphatic heterocycles. The van der Waals surface area contributed by atoms with Crippen LogP contribution in [0.25, 0.3) is 16.6 Å². The molecule has 0 atom stereocenters. The summed E-state index contributed by atoms with van der Waals surface area (Å²) in [7, 11) is 0. The molecule has 0 aliphatic carbocycles. The first-order chi connectivity index (χ1) is 15.1. The molecule has 1 heterocycles. The highest BCUT2D eigenvalue weighted by molar-refractivity contribution is 5.90. The molecular weight excluding hydrogens is 394 g/mol. The first-order valence-corrected chi connectivity index (χ1v) is 9.95. The van der Waals surface area contributed by atoms with Crippen molar-refractivity contribution in [2.75, 3.05) is 11.9 Å². The fourth-order valence-electron chi connectivity index (χ4n) is 3.46. The molecule has 4 rings (SSSR count). The van der Waals surface area contributed by atoms with Crippen molar-refractivity contribution in [1.82, 2.24) is 0 Å². The van der Waals surface area contributed by atoms with Gasteiger partial charge in [0, 0.05) is 23.9 Å². The summed E-state index contributed by atoms with van der Waals surface area (Å²) in [5.74, 6) is 0.295. The van der Waals surface area contributed by atoms with E-state index in [0.29, 0.717) is 28.9 Å². The topological polar surface area (TPSA) is 86.5 Å². The lowest BCUT2D eigenvalue weighted by Crippen LogP contribution is -2.49. The number of carbonyl (C=O) groups is 1. The lowest BCUT2D eigenvalue weighted by Gasteiger charge is -2.07. The summed E-state index contributed by atoms with van der Waals surface area (Å²) in [6.45, 7) is 2.33. The molecule has 7 nitrogen and oxygen atoms in total. The van der Waals surface area contributed by atoms with Crippen molar-refractivity contribution >= 4 is 22.5 Å². The Balaban J connectivity index is 1.70. The van der Waals surface area contributed by atoms with E-state index in [1.54, 1.807) is 72.8 Å². The minimum absolute atomic E-state index is 0.109. The molecule has 0 unspecified atom stereocenters. The van der Waals surface area contributed by atoms with Gasteiger partial charge in [0.25, 0.3) is 5.91 Å². The van der Waals surface area contributed by atoms with E-state index in [0.717, 1.165) is 5.75 Å². The number of rotatable bonds is 6. The number of benzene rings is 3. The number of carbonyl (C=O) groups excluding carboxylic acids is 1. The van der Waals surface area contributed by atoms with E-state index in [2.05, 4.69) is 5.32 Å². The average molecular weight is 417 g/mol. The molecular formula is C24H23N3O4+2. The van der Waals surface area contributed by atoms with Crippen molar-refractivity contribution in [3.63, 3.8) is 0 Å². The van der Waals surface area contributed by atoms with Gasteiger partial charge in [-0.05, 0) is 41.8 Å². The quantitative estimate of drug-likeness (QED) is 0.421. The van der Waals surface area contributed by atoms with Crippen molar-refractivity contribution in [2.24, 2.45) is 0 Å². The van der Waals surface area contributed by atoms with Crippen LogP contribution >= 0.6 is 0 Å². The van der Waals surface area contributed by atoms with Crippen LogP contribution in [0.3, 0.4) is 0 Å². The largest absolute Gasteiger partial charge is 0.638 e. The summed E-state index contributed by atoms with van der Waals surface area (Å²) in [4.78, 5) is 12.8. The van der Waals surface area contributed by atoms with E-state index >= 15 is 0 Å². The number of fused-ring (bicyclic) bond motifs is 1. The number of aromatic nitrogens is 2. The van der Waals surface area contributed by atoms with Crippen molar-refractivity contribution in [3.05, 3.63) is 78.9 Å². The molecule has 0 saturated heterocycles. The Kier molecular flexibility index (Phi) is 5.66. The fourth-order valence-corrected chi connectivity index (χ4v) is 3.46.